The maximum absolute atomic E-state index is 15.1. The fraction of sp³-hybridized carbons (Fsp3) is 0.361. The molecule has 0 aliphatic carbocycles. The molecule has 2 bridgehead atoms. The first-order chi connectivity index (χ1) is 21.3. The number of amides is 3. The van der Waals surface area contributed by atoms with Gasteiger partial charge in [-0.2, -0.15) is 0 Å². The Bertz CT molecular complexity index is 1610. The Morgan fingerprint density at radius 1 is 1.02 bits per heavy atom. The molecule has 0 radical (unpaired) electrons. The van der Waals surface area contributed by atoms with E-state index >= 15 is 4.79 Å². The third kappa shape index (κ3) is 4.58. The van der Waals surface area contributed by atoms with Crippen LogP contribution < -0.4 is 4.90 Å². The summed E-state index contributed by atoms with van der Waals surface area (Å²) in [5.41, 5.74) is 1.46. The van der Waals surface area contributed by atoms with Crippen molar-refractivity contribution in [2.75, 3.05) is 31.6 Å². The maximum Gasteiger partial charge on any atom is 0.251 e. The van der Waals surface area contributed by atoms with Crippen molar-refractivity contribution in [1.29, 1.82) is 0 Å². The van der Waals surface area contributed by atoms with Crippen molar-refractivity contribution >= 4 is 45.9 Å². The number of likely N-dealkylation sites (tertiary alicyclic amines) is 1. The normalized spacial score (nSPS) is 27.7. The van der Waals surface area contributed by atoms with Crippen LogP contribution in [0.3, 0.4) is 0 Å². The molecule has 3 aliphatic heterocycles. The van der Waals surface area contributed by atoms with Crippen LogP contribution in [0.25, 0.3) is 10.8 Å². The van der Waals surface area contributed by atoms with E-state index in [1.165, 1.54) is 0 Å². The molecule has 0 saturated carbocycles. The zero-order chi connectivity index (χ0) is 31.2. The van der Waals surface area contributed by atoms with Crippen LogP contribution >= 0.6 is 11.8 Å². The lowest BCUT2D eigenvalue weighted by Crippen LogP contribution is -2.58. The van der Waals surface area contributed by atoms with Crippen LogP contribution in [0.1, 0.15) is 24.9 Å². The van der Waals surface area contributed by atoms with Gasteiger partial charge < -0.3 is 19.8 Å². The summed E-state index contributed by atoms with van der Waals surface area (Å²) < 4.78 is -0.827. The Labute approximate surface area is 263 Å². The van der Waals surface area contributed by atoms with Gasteiger partial charge in [0.2, 0.25) is 11.8 Å². The molecule has 3 aliphatic rings. The van der Waals surface area contributed by atoms with Crippen molar-refractivity contribution in [1.82, 2.24) is 9.80 Å². The van der Waals surface area contributed by atoms with Crippen molar-refractivity contribution in [2.45, 2.75) is 35.4 Å². The Morgan fingerprint density at radius 2 is 1.70 bits per heavy atom. The number of hydrogen-bond acceptors (Lipinski definition) is 5. The fourth-order valence-electron chi connectivity index (χ4n) is 7.87. The van der Waals surface area contributed by atoms with E-state index in [2.05, 4.69) is 20.1 Å². The molecule has 7 atom stereocenters. The molecule has 1 N–H and O–H groups in total. The quantitative estimate of drug-likeness (QED) is 0.325. The monoisotopic (exact) mass is 609 g/mol. The second-order valence-corrected chi connectivity index (χ2v) is 13.7. The minimum atomic E-state index is -0.892. The number of thioether (sulfide) groups is 1. The number of rotatable bonds is 10. The van der Waals surface area contributed by atoms with Gasteiger partial charge in [-0.05, 0) is 40.8 Å². The van der Waals surface area contributed by atoms with E-state index in [-0.39, 0.29) is 42.0 Å². The highest BCUT2D eigenvalue weighted by Crippen LogP contribution is 2.69. The number of fused-ring (bicyclic) bond motifs is 2. The molecule has 3 aromatic rings. The number of aliphatic hydroxyl groups excluding tert-OH is 1. The molecule has 3 unspecified atom stereocenters. The van der Waals surface area contributed by atoms with Crippen molar-refractivity contribution in [3.63, 3.8) is 0 Å². The summed E-state index contributed by atoms with van der Waals surface area (Å²) in [4.78, 5) is 48.8. The Morgan fingerprint density at radius 3 is 2.39 bits per heavy atom. The van der Waals surface area contributed by atoms with E-state index in [9.17, 15) is 14.7 Å². The SMILES string of the molecule is C=CCN(C)C(=O)[C@@H]1[C@H]2C(=O)N([C@H](CO)c3ccccc3)C(C(=O)N(CC=C)c3ccc4ccccc4c3)C23S[C@@H]1CC3C. The zero-order valence-corrected chi connectivity index (χ0v) is 26.0. The third-order valence-corrected chi connectivity index (χ3v) is 11.9. The lowest BCUT2D eigenvalue weighted by molar-refractivity contribution is -0.145. The van der Waals surface area contributed by atoms with Gasteiger partial charge in [-0.3, -0.25) is 14.4 Å². The highest BCUT2D eigenvalue weighted by Gasteiger charge is 2.77. The lowest BCUT2D eigenvalue weighted by Gasteiger charge is -2.42. The molecule has 3 aromatic carbocycles. The van der Waals surface area contributed by atoms with Crippen molar-refractivity contribution in [3.05, 3.63) is 104 Å². The van der Waals surface area contributed by atoms with Crippen molar-refractivity contribution in [3.8, 4) is 0 Å². The van der Waals surface area contributed by atoms with Crippen LogP contribution in [0.4, 0.5) is 5.69 Å². The van der Waals surface area contributed by atoms with Gasteiger partial charge in [0.25, 0.3) is 5.91 Å². The van der Waals surface area contributed by atoms with Gasteiger partial charge in [-0.15, -0.1) is 24.9 Å². The molecule has 3 amide bonds. The number of carbonyl (C=O) groups excluding carboxylic acids is 3. The Kier molecular flexibility index (Phi) is 8.16. The summed E-state index contributed by atoms with van der Waals surface area (Å²) in [6, 6.07) is 21.6. The number of hydrogen-bond donors (Lipinski definition) is 1. The van der Waals surface area contributed by atoms with Crippen LogP contribution in [0.5, 0.6) is 0 Å². The minimum absolute atomic E-state index is 0.00328. The molecule has 3 heterocycles. The number of likely N-dealkylation sites (N-methyl/N-ethyl adjacent to an activating group) is 1. The molecule has 1 spiro atoms. The van der Waals surface area contributed by atoms with Crippen LogP contribution in [0.15, 0.2) is 98.1 Å². The third-order valence-electron chi connectivity index (χ3n) is 9.80. The average molecular weight is 610 g/mol. The zero-order valence-electron chi connectivity index (χ0n) is 25.2. The van der Waals surface area contributed by atoms with Gasteiger partial charge in [0.1, 0.15) is 6.04 Å². The van der Waals surface area contributed by atoms with E-state index < -0.39 is 28.7 Å². The standard InChI is InChI=1S/C36H39N3O4S/c1-5-18-37(4)33(41)30-29-20-23(3)36(44-29)31(30)34(42)39(28(22-40)25-13-8-7-9-14-25)32(36)35(43)38(19-6-2)27-17-16-24-12-10-11-15-26(24)21-27/h5-17,21,23,28-32,40H,1-2,18-20,22H2,3-4H3/t23?,28-,29-,30+,31+,32?,36?/m1/s1. The maximum atomic E-state index is 15.1. The molecule has 8 heteroatoms. The Hall–Kier alpha value is -3.88. The lowest BCUT2D eigenvalue weighted by atomic mass is 9.65. The molecule has 0 aromatic heterocycles. The van der Waals surface area contributed by atoms with Gasteiger partial charge in [0, 0.05) is 31.1 Å². The second-order valence-electron chi connectivity index (χ2n) is 12.2. The minimum Gasteiger partial charge on any atom is -0.394 e. The van der Waals surface area contributed by atoms with E-state index in [4.69, 9.17) is 0 Å². The van der Waals surface area contributed by atoms with Crippen LogP contribution in [-0.4, -0.2) is 75.4 Å². The summed E-state index contributed by atoms with van der Waals surface area (Å²) in [5, 5.41) is 12.8. The highest BCUT2D eigenvalue weighted by atomic mass is 32.2. The molecule has 228 valence electrons. The number of nitrogens with zero attached hydrogens (tertiary/aromatic N) is 3. The molecule has 3 saturated heterocycles. The summed E-state index contributed by atoms with van der Waals surface area (Å²) >= 11 is 1.64. The molecular weight excluding hydrogens is 570 g/mol. The van der Waals surface area contributed by atoms with Crippen LogP contribution in [0.2, 0.25) is 0 Å². The average Bonchev–Trinajstić information content (AvgIpc) is 3.63. The summed E-state index contributed by atoms with van der Waals surface area (Å²) in [6.07, 6.45) is 4.11. The summed E-state index contributed by atoms with van der Waals surface area (Å²) in [6.45, 7) is 10.1. The number of aliphatic hydroxyl groups is 1. The van der Waals surface area contributed by atoms with Gasteiger partial charge in [0.15, 0.2) is 0 Å². The van der Waals surface area contributed by atoms with E-state index in [1.807, 2.05) is 72.8 Å². The van der Waals surface area contributed by atoms with Gasteiger partial charge in [-0.1, -0.05) is 79.7 Å². The molecule has 3 fully saturated rings. The van der Waals surface area contributed by atoms with Crippen LogP contribution in [0, 0.1) is 17.8 Å². The predicted octanol–water partition coefficient (Wildman–Crippen LogP) is 5.07. The topological polar surface area (TPSA) is 81.2 Å². The summed E-state index contributed by atoms with van der Waals surface area (Å²) in [7, 11) is 1.74. The van der Waals surface area contributed by atoms with E-state index in [0.717, 1.165) is 22.8 Å². The molecule has 7 nitrogen and oxygen atoms in total. The smallest absolute Gasteiger partial charge is 0.251 e. The number of anilines is 1. The van der Waals surface area contributed by atoms with E-state index in [1.54, 1.807) is 45.7 Å². The first kappa shape index (κ1) is 30.2. The first-order valence-corrected chi connectivity index (χ1v) is 16.1. The molecule has 6 rings (SSSR count). The largest absolute Gasteiger partial charge is 0.394 e. The molecule has 44 heavy (non-hydrogen) atoms. The fourth-order valence-corrected chi connectivity index (χ4v) is 10.3. The van der Waals surface area contributed by atoms with Gasteiger partial charge in [-0.25, -0.2) is 0 Å². The number of carbonyl (C=O) groups is 3. The van der Waals surface area contributed by atoms with Crippen LogP contribution in [-0.2, 0) is 14.4 Å². The second kappa shape index (κ2) is 11.9. The molecular formula is C36H39N3O4S. The Balaban J connectivity index is 1.51. The number of benzene rings is 3. The predicted molar refractivity (Wildman–Crippen MR) is 176 cm³/mol. The summed E-state index contributed by atoms with van der Waals surface area (Å²) in [5.74, 6) is -1.81. The van der Waals surface area contributed by atoms with Crippen molar-refractivity contribution in [2.24, 2.45) is 17.8 Å². The van der Waals surface area contributed by atoms with Gasteiger partial charge >= 0.3 is 0 Å². The first-order valence-electron chi connectivity index (χ1n) is 15.2. The highest BCUT2D eigenvalue weighted by molar-refractivity contribution is 8.02. The van der Waals surface area contributed by atoms with E-state index in [0.29, 0.717) is 12.2 Å². The van der Waals surface area contributed by atoms with Crippen molar-refractivity contribution < 1.29 is 19.5 Å². The van der Waals surface area contributed by atoms with Gasteiger partial charge in [0.05, 0.1) is 29.2 Å².